The molecule has 0 fully saturated rings. The molecular weight excluding hydrogens is 532 g/mol. The van der Waals surface area contributed by atoms with Crippen LogP contribution in [-0.4, -0.2) is 4.57 Å². The molecule has 2 heteroatoms. The molecule has 0 aliphatic rings. The maximum absolute atomic E-state index is 4.04. The Kier molecular flexibility index (Phi) is 8.19. The zero-order valence-electron chi connectivity index (χ0n) is 26.7. The molecular formula is C42H44N2. The van der Waals surface area contributed by atoms with Crippen molar-refractivity contribution < 1.29 is 0 Å². The van der Waals surface area contributed by atoms with Crippen LogP contribution in [0.1, 0.15) is 64.5 Å². The molecule has 2 nitrogen and oxygen atoms in total. The second-order valence-corrected chi connectivity index (χ2v) is 13.2. The molecule has 2 atom stereocenters. The third kappa shape index (κ3) is 5.82. The van der Waals surface area contributed by atoms with Gasteiger partial charge in [-0.1, -0.05) is 116 Å². The first kappa shape index (κ1) is 29.5. The van der Waals surface area contributed by atoms with E-state index in [9.17, 15) is 0 Å². The van der Waals surface area contributed by atoms with E-state index in [1.165, 1.54) is 44.1 Å². The molecule has 6 rings (SSSR count). The Hall–Kier alpha value is -4.56. The van der Waals surface area contributed by atoms with Crippen LogP contribution in [0, 0.1) is 0 Å². The Morgan fingerprint density at radius 2 is 1.30 bits per heavy atom. The van der Waals surface area contributed by atoms with Crippen molar-refractivity contribution in [1.29, 1.82) is 0 Å². The number of nitrogens with zero attached hydrogens (tertiary/aromatic N) is 1. The number of anilines is 1. The van der Waals surface area contributed by atoms with Crippen LogP contribution in [0.2, 0.25) is 0 Å². The van der Waals surface area contributed by atoms with E-state index in [0.717, 1.165) is 18.5 Å². The summed E-state index contributed by atoms with van der Waals surface area (Å²) < 4.78 is 2.47. The third-order valence-corrected chi connectivity index (χ3v) is 9.00. The van der Waals surface area contributed by atoms with Gasteiger partial charge in [-0.05, 0) is 99.0 Å². The highest BCUT2D eigenvalue weighted by Crippen LogP contribution is 2.41. The Balaban J connectivity index is 1.36. The van der Waals surface area contributed by atoms with Crippen molar-refractivity contribution in [2.45, 2.75) is 64.5 Å². The Bertz CT molecular complexity index is 1870. The molecule has 1 heterocycles. The van der Waals surface area contributed by atoms with Crippen LogP contribution in [0.4, 0.5) is 5.69 Å². The second-order valence-electron chi connectivity index (χ2n) is 13.2. The van der Waals surface area contributed by atoms with Crippen molar-refractivity contribution >= 4 is 27.5 Å². The van der Waals surface area contributed by atoms with E-state index in [-0.39, 0.29) is 11.1 Å². The van der Waals surface area contributed by atoms with Crippen molar-refractivity contribution in [2.75, 3.05) is 5.32 Å². The van der Waals surface area contributed by atoms with Gasteiger partial charge in [-0.2, -0.15) is 0 Å². The average Bonchev–Trinajstić information content (AvgIpc) is 3.39. The summed E-state index contributed by atoms with van der Waals surface area (Å²) in [6.45, 7) is 11.3. The fourth-order valence-corrected chi connectivity index (χ4v) is 6.89. The fourth-order valence-electron chi connectivity index (χ4n) is 6.89. The molecule has 6 aromatic rings. The molecule has 0 aliphatic heterocycles. The van der Waals surface area contributed by atoms with Gasteiger partial charge in [0.25, 0.3) is 0 Å². The van der Waals surface area contributed by atoms with Gasteiger partial charge in [0.1, 0.15) is 0 Å². The fraction of sp³-hybridized carbons (Fsp3) is 0.238. The van der Waals surface area contributed by atoms with Crippen LogP contribution in [0.25, 0.3) is 32.9 Å². The van der Waals surface area contributed by atoms with Gasteiger partial charge in [-0.15, -0.1) is 0 Å². The molecule has 0 spiro atoms. The summed E-state index contributed by atoms with van der Waals surface area (Å²) in [4.78, 5) is 0. The maximum Gasteiger partial charge on any atom is 0.0665 e. The van der Waals surface area contributed by atoms with E-state index in [2.05, 4.69) is 184 Å². The summed E-state index contributed by atoms with van der Waals surface area (Å²) in [7, 11) is 0. The second kappa shape index (κ2) is 12.2. The summed E-state index contributed by atoms with van der Waals surface area (Å²) in [6.07, 6.45) is 6.35. The number of aromatic nitrogens is 1. The van der Waals surface area contributed by atoms with Gasteiger partial charge >= 0.3 is 0 Å². The minimum Gasteiger partial charge on any atom is -0.375 e. The zero-order valence-corrected chi connectivity index (χ0v) is 26.7. The summed E-state index contributed by atoms with van der Waals surface area (Å²) in [6, 6.07) is 46.6. The number of allylic oxidation sites excluding steroid dienone is 1. The molecule has 0 aliphatic carbocycles. The lowest BCUT2D eigenvalue weighted by Crippen LogP contribution is -2.36. The first-order chi connectivity index (χ1) is 21.3. The van der Waals surface area contributed by atoms with Gasteiger partial charge in [0.05, 0.1) is 5.54 Å². The van der Waals surface area contributed by atoms with Gasteiger partial charge in [0.2, 0.25) is 0 Å². The average molecular weight is 577 g/mol. The van der Waals surface area contributed by atoms with E-state index in [1.807, 2.05) is 0 Å². The van der Waals surface area contributed by atoms with Gasteiger partial charge in [-0.3, -0.25) is 0 Å². The molecule has 1 aromatic heterocycles. The molecule has 0 saturated carbocycles. The van der Waals surface area contributed by atoms with Gasteiger partial charge in [0, 0.05) is 33.0 Å². The highest BCUT2D eigenvalue weighted by molar-refractivity contribution is 6.09. The smallest absolute Gasteiger partial charge is 0.0665 e. The first-order valence-electron chi connectivity index (χ1n) is 15.9. The van der Waals surface area contributed by atoms with Crippen molar-refractivity contribution in [3.05, 3.63) is 151 Å². The standard InChI is InChI=1S/C42H44N2/c1-6-7-28-42(35-18-12-9-13-19-35,30-31(2)32-16-10-8-11-17-32)43-36-25-22-33(23-26-36)34-24-27-40-38(29-34)37-20-14-15-21-39(37)44(40)41(3,4)5/h6-27,29,31,43H,28,30H2,1-5H3/b7-6-. The molecule has 222 valence electrons. The predicted molar refractivity (Wildman–Crippen MR) is 191 cm³/mol. The highest BCUT2D eigenvalue weighted by Gasteiger charge is 2.33. The van der Waals surface area contributed by atoms with E-state index in [1.54, 1.807) is 0 Å². The largest absolute Gasteiger partial charge is 0.375 e. The molecule has 5 aromatic carbocycles. The highest BCUT2D eigenvalue weighted by atomic mass is 15.0. The normalized spacial score (nSPS) is 14.2. The number of rotatable bonds is 9. The zero-order chi connectivity index (χ0) is 30.7. The van der Waals surface area contributed by atoms with Crippen molar-refractivity contribution in [2.24, 2.45) is 0 Å². The molecule has 1 N–H and O–H groups in total. The monoisotopic (exact) mass is 576 g/mol. The molecule has 2 unspecified atom stereocenters. The molecule has 0 saturated heterocycles. The van der Waals surface area contributed by atoms with Crippen molar-refractivity contribution in [1.82, 2.24) is 4.57 Å². The van der Waals surface area contributed by atoms with Crippen LogP contribution in [0.5, 0.6) is 0 Å². The minimum atomic E-state index is -0.252. The first-order valence-corrected chi connectivity index (χ1v) is 15.9. The van der Waals surface area contributed by atoms with E-state index in [0.29, 0.717) is 5.92 Å². The lowest BCUT2D eigenvalue weighted by molar-refractivity contribution is 0.418. The Morgan fingerprint density at radius 3 is 1.98 bits per heavy atom. The molecule has 44 heavy (non-hydrogen) atoms. The molecule has 0 radical (unpaired) electrons. The quantitative estimate of drug-likeness (QED) is 0.169. The maximum atomic E-state index is 4.04. The van der Waals surface area contributed by atoms with Crippen LogP contribution >= 0.6 is 0 Å². The summed E-state index contributed by atoms with van der Waals surface area (Å²) in [5, 5.41) is 6.65. The van der Waals surface area contributed by atoms with E-state index < -0.39 is 0 Å². The van der Waals surface area contributed by atoms with Crippen molar-refractivity contribution in [3.63, 3.8) is 0 Å². The summed E-state index contributed by atoms with van der Waals surface area (Å²) in [5.74, 6) is 0.385. The van der Waals surface area contributed by atoms with Crippen molar-refractivity contribution in [3.8, 4) is 11.1 Å². The lowest BCUT2D eigenvalue weighted by Gasteiger charge is -2.38. The number of hydrogen-bond acceptors (Lipinski definition) is 1. The summed E-state index contributed by atoms with van der Waals surface area (Å²) in [5.41, 5.74) is 8.58. The number of benzene rings is 5. The Morgan fingerprint density at radius 1 is 0.682 bits per heavy atom. The third-order valence-electron chi connectivity index (χ3n) is 9.00. The Labute approximate surface area is 263 Å². The lowest BCUT2D eigenvalue weighted by atomic mass is 9.77. The SMILES string of the molecule is C/C=C\CC(CC(C)c1ccccc1)(Nc1ccc(-c2ccc3c(c2)c2ccccc2n3C(C)(C)C)cc1)c1ccccc1. The summed E-state index contributed by atoms with van der Waals surface area (Å²) >= 11 is 0. The predicted octanol–water partition coefficient (Wildman–Crippen LogP) is 11.7. The van der Waals surface area contributed by atoms with E-state index in [4.69, 9.17) is 0 Å². The number of fused-ring (bicyclic) bond motifs is 3. The number of hydrogen-bond donors (Lipinski definition) is 1. The van der Waals surface area contributed by atoms with Gasteiger partial charge in [-0.25, -0.2) is 0 Å². The number of para-hydroxylation sites is 1. The van der Waals surface area contributed by atoms with Gasteiger partial charge in [0.15, 0.2) is 0 Å². The van der Waals surface area contributed by atoms with Crippen LogP contribution in [-0.2, 0) is 11.1 Å². The minimum absolute atomic E-state index is 0.00753. The number of nitrogens with one attached hydrogen (secondary N) is 1. The van der Waals surface area contributed by atoms with Crippen LogP contribution in [0.3, 0.4) is 0 Å². The van der Waals surface area contributed by atoms with Crippen LogP contribution in [0.15, 0.2) is 140 Å². The van der Waals surface area contributed by atoms with E-state index >= 15 is 0 Å². The molecule has 0 bridgehead atoms. The van der Waals surface area contributed by atoms with Crippen LogP contribution < -0.4 is 5.32 Å². The van der Waals surface area contributed by atoms with Gasteiger partial charge < -0.3 is 9.88 Å². The topological polar surface area (TPSA) is 17.0 Å². The molecule has 0 amide bonds.